The van der Waals surface area contributed by atoms with Crippen LogP contribution in [0.15, 0.2) is 12.1 Å². The second-order valence-corrected chi connectivity index (χ2v) is 4.54. The van der Waals surface area contributed by atoms with Gasteiger partial charge in [0.15, 0.2) is 5.75 Å². The van der Waals surface area contributed by atoms with Gasteiger partial charge >= 0.3 is 0 Å². The molecule has 1 aromatic carbocycles. The molecule has 1 aromatic rings. The van der Waals surface area contributed by atoms with E-state index in [1.54, 1.807) is 6.07 Å². The summed E-state index contributed by atoms with van der Waals surface area (Å²) < 4.78 is 5.68. The number of nitrogens with two attached hydrogens (primary N) is 1. The number of rotatable bonds is 3. The summed E-state index contributed by atoms with van der Waals surface area (Å²) in [5.74, 6) is -0.618. The molecule has 1 amide bonds. The van der Waals surface area contributed by atoms with E-state index in [0.717, 1.165) is 25.7 Å². The summed E-state index contributed by atoms with van der Waals surface area (Å²) in [6, 6.07) is 2.99. The predicted octanol–water partition coefficient (Wildman–Crippen LogP) is 2.47. The third-order valence-corrected chi connectivity index (χ3v) is 3.31. The number of benzene rings is 1. The summed E-state index contributed by atoms with van der Waals surface area (Å²) in [5, 5.41) is 9.76. The molecule has 0 aromatic heterocycles. The van der Waals surface area contributed by atoms with E-state index < -0.39 is 5.91 Å². The van der Waals surface area contributed by atoms with Crippen LogP contribution in [0, 0.1) is 0 Å². The standard InChI is InChI=1S/C12H14ClNO3/c13-10-9(17-7-3-1-2-4-7)6-5-8(11(10)15)12(14)16/h5-7,15H,1-4H2,(H2,14,16). The zero-order chi connectivity index (χ0) is 12.4. The molecule has 0 radical (unpaired) electrons. The van der Waals surface area contributed by atoms with Crippen LogP contribution in [0.25, 0.3) is 0 Å². The van der Waals surface area contributed by atoms with Crippen LogP contribution >= 0.6 is 11.6 Å². The van der Waals surface area contributed by atoms with Crippen molar-refractivity contribution in [3.63, 3.8) is 0 Å². The number of halogens is 1. The molecule has 17 heavy (non-hydrogen) atoms. The number of carbonyl (C=O) groups excluding carboxylic acids is 1. The molecule has 0 atom stereocenters. The summed E-state index contributed by atoms with van der Waals surface area (Å²) >= 11 is 5.94. The van der Waals surface area contributed by atoms with Crippen molar-refractivity contribution in [3.05, 3.63) is 22.7 Å². The van der Waals surface area contributed by atoms with Crippen molar-refractivity contribution in [2.75, 3.05) is 0 Å². The van der Waals surface area contributed by atoms with E-state index in [0.29, 0.717) is 5.75 Å². The molecule has 0 unspecified atom stereocenters. The maximum atomic E-state index is 11.0. The van der Waals surface area contributed by atoms with Crippen LogP contribution in [-0.4, -0.2) is 17.1 Å². The Bertz CT molecular complexity index is 442. The molecular weight excluding hydrogens is 242 g/mol. The van der Waals surface area contributed by atoms with Gasteiger partial charge in [-0.1, -0.05) is 11.6 Å². The molecule has 0 spiro atoms. The van der Waals surface area contributed by atoms with E-state index in [2.05, 4.69) is 0 Å². The zero-order valence-corrected chi connectivity index (χ0v) is 10.0. The average molecular weight is 256 g/mol. The predicted molar refractivity (Wildman–Crippen MR) is 64.5 cm³/mol. The van der Waals surface area contributed by atoms with Gasteiger partial charge in [0.2, 0.25) is 0 Å². The highest BCUT2D eigenvalue weighted by Gasteiger charge is 2.20. The molecule has 3 N–H and O–H groups in total. The summed E-state index contributed by atoms with van der Waals surface area (Å²) in [6.07, 6.45) is 4.43. The summed E-state index contributed by atoms with van der Waals surface area (Å²) in [7, 11) is 0. The van der Waals surface area contributed by atoms with Crippen LogP contribution in [-0.2, 0) is 0 Å². The van der Waals surface area contributed by atoms with Crippen LogP contribution in [0.4, 0.5) is 0 Å². The Morgan fingerprint density at radius 2 is 2.06 bits per heavy atom. The molecular formula is C12H14ClNO3. The lowest BCUT2D eigenvalue weighted by atomic mass is 10.2. The Hall–Kier alpha value is -1.42. The molecule has 0 saturated heterocycles. The first kappa shape index (κ1) is 12.0. The number of ether oxygens (including phenoxy) is 1. The third kappa shape index (κ3) is 2.47. The van der Waals surface area contributed by atoms with E-state index in [9.17, 15) is 9.90 Å². The van der Waals surface area contributed by atoms with Gasteiger partial charge in [0.1, 0.15) is 10.8 Å². The van der Waals surface area contributed by atoms with Crippen molar-refractivity contribution in [1.82, 2.24) is 0 Å². The Kier molecular flexibility index (Phi) is 3.43. The van der Waals surface area contributed by atoms with Gasteiger partial charge in [0.25, 0.3) is 5.91 Å². The van der Waals surface area contributed by atoms with E-state index in [1.807, 2.05) is 0 Å². The smallest absolute Gasteiger partial charge is 0.252 e. The third-order valence-electron chi connectivity index (χ3n) is 2.94. The lowest BCUT2D eigenvalue weighted by Gasteiger charge is -2.15. The normalized spacial score (nSPS) is 16.1. The first-order chi connectivity index (χ1) is 8.09. The Morgan fingerprint density at radius 3 is 2.65 bits per heavy atom. The Morgan fingerprint density at radius 1 is 1.41 bits per heavy atom. The van der Waals surface area contributed by atoms with Crippen LogP contribution in [0.5, 0.6) is 11.5 Å². The SMILES string of the molecule is NC(=O)c1ccc(OC2CCCC2)c(Cl)c1O. The largest absolute Gasteiger partial charge is 0.505 e. The lowest BCUT2D eigenvalue weighted by molar-refractivity contribution is 0.0997. The fraction of sp³-hybridized carbons (Fsp3) is 0.417. The van der Waals surface area contributed by atoms with Crippen molar-refractivity contribution in [2.45, 2.75) is 31.8 Å². The monoisotopic (exact) mass is 255 g/mol. The Labute approximate surface area is 104 Å². The van der Waals surface area contributed by atoms with Crippen LogP contribution < -0.4 is 10.5 Å². The van der Waals surface area contributed by atoms with Crippen molar-refractivity contribution in [2.24, 2.45) is 5.73 Å². The van der Waals surface area contributed by atoms with Gasteiger partial charge in [-0.2, -0.15) is 0 Å². The maximum absolute atomic E-state index is 11.0. The molecule has 1 aliphatic carbocycles. The summed E-state index contributed by atoms with van der Waals surface area (Å²) in [5.41, 5.74) is 5.11. The fourth-order valence-electron chi connectivity index (χ4n) is 2.02. The minimum absolute atomic E-state index is 0.00812. The number of aromatic hydroxyl groups is 1. The Balaban J connectivity index is 2.23. The number of hydrogen-bond acceptors (Lipinski definition) is 3. The second kappa shape index (κ2) is 4.84. The summed E-state index contributed by atoms with van der Waals surface area (Å²) in [6.45, 7) is 0. The zero-order valence-electron chi connectivity index (χ0n) is 9.28. The van der Waals surface area contributed by atoms with Gasteiger partial charge in [-0.3, -0.25) is 4.79 Å². The van der Waals surface area contributed by atoms with Crippen molar-refractivity contribution < 1.29 is 14.6 Å². The maximum Gasteiger partial charge on any atom is 0.252 e. The van der Waals surface area contributed by atoms with Crippen LogP contribution in [0.3, 0.4) is 0 Å². The van der Waals surface area contributed by atoms with Gasteiger partial charge in [-0.25, -0.2) is 0 Å². The van der Waals surface area contributed by atoms with Crippen molar-refractivity contribution >= 4 is 17.5 Å². The summed E-state index contributed by atoms with van der Waals surface area (Å²) in [4.78, 5) is 11.0. The minimum Gasteiger partial charge on any atom is -0.505 e. The van der Waals surface area contributed by atoms with Crippen molar-refractivity contribution in [3.8, 4) is 11.5 Å². The average Bonchev–Trinajstić information content (AvgIpc) is 2.77. The molecule has 1 aliphatic rings. The molecule has 0 heterocycles. The van der Waals surface area contributed by atoms with E-state index in [4.69, 9.17) is 22.1 Å². The van der Waals surface area contributed by atoms with Crippen molar-refractivity contribution in [1.29, 1.82) is 0 Å². The molecule has 5 heteroatoms. The van der Waals surface area contributed by atoms with Crippen LogP contribution in [0.1, 0.15) is 36.0 Å². The number of hydrogen-bond donors (Lipinski definition) is 2. The van der Waals surface area contributed by atoms with E-state index in [1.165, 1.54) is 6.07 Å². The van der Waals surface area contributed by atoms with Gasteiger partial charge in [0.05, 0.1) is 11.7 Å². The fourth-order valence-corrected chi connectivity index (χ4v) is 2.23. The minimum atomic E-state index is -0.711. The van der Waals surface area contributed by atoms with Crippen LogP contribution in [0.2, 0.25) is 5.02 Å². The highest BCUT2D eigenvalue weighted by atomic mass is 35.5. The number of carbonyl (C=O) groups is 1. The van der Waals surface area contributed by atoms with E-state index >= 15 is 0 Å². The number of phenols is 1. The second-order valence-electron chi connectivity index (χ2n) is 4.16. The molecule has 1 fully saturated rings. The molecule has 1 saturated carbocycles. The molecule has 2 rings (SSSR count). The number of primary amides is 1. The topological polar surface area (TPSA) is 72.6 Å². The molecule has 4 nitrogen and oxygen atoms in total. The molecule has 92 valence electrons. The molecule has 0 aliphatic heterocycles. The highest BCUT2D eigenvalue weighted by Crippen LogP contribution is 2.37. The quantitative estimate of drug-likeness (QED) is 0.871. The first-order valence-corrected chi connectivity index (χ1v) is 5.95. The highest BCUT2D eigenvalue weighted by molar-refractivity contribution is 6.34. The van der Waals surface area contributed by atoms with Gasteiger partial charge in [0, 0.05) is 0 Å². The van der Waals surface area contributed by atoms with Gasteiger partial charge < -0.3 is 15.6 Å². The first-order valence-electron chi connectivity index (χ1n) is 5.57. The molecule has 0 bridgehead atoms. The lowest BCUT2D eigenvalue weighted by Crippen LogP contribution is -2.13. The van der Waals surface area contributed by atoms with Gasteiger partial charge in [-0.05, 0) is 37.8 Å². The van der Waals surface area contributed by atoms with E-state index in [-0.39, 0.29) is 22.4 Å². The number of amides is 1. The van der Waals surface area contributed by atoms with Gasteiger partial charge in [-0.15, -0.1) is 0 Å².